The summed E-state index contributed by atoms with van der Waals surface area (Å²) >= 11 is 3.33. The van der Waals surface area contributed by atoms with E-state index in [1.165, 1.54) is 11.4 Å². The first kappa shape index (κ1) is 19.0. The van der Waals surface area contributed by atoms with Gasteiger partial charge in [0.2, 0.25) is 10.0 Å². The van der Waals surface area contributed by atoms with Crippen LogP contribution in [0.5, 0.6) is 17.2 Å². The summed E-state index contributed by atoms with van der Waals surface area (Å²) < 4.78 is 44.4. The van der Waals surface area contributed by atoms with Gasteiger partial charge in [0.25, 0.3) is 0 Å². The van der Waals surface area contributed by atoms with Crippen molar-refractivity contribution < 1.29 is 22.6 Å². The Bertz CT molecular complexity index is 929. The summed E-state index contributed by atoms with van der Waals surface area (Å²) in [6, 6.07) is 8.72. The number of benzene rings is 2. The van der Waals surface area contributed by atoms with Crippen LogP contribution in [0.2, 0.25) is 0 Å². The number of ether oxygens (including phenoxy) is 3. The number of methoxy groups -OCH3 is 3. The number of hydrogen-bond acceptors (Lipinski definition) is 5. The SMILES string of the molecule is COc1cc2c(cc1OC)CN(S(=O)(=O)c1cc(Br)ccc1OC)CC2. The lowest BCUT2D eigenvalue weighted by Crippen LogP contribution is -2.36. The summed E-state index contributed by atoms with van der Waals surface area (Å²) in [5.74, 6) is 1.56. The van der Waals surface area contributed by atoms with Crippen molar-refractivity contribution in [2.75, 3.05) is 27.9 Å². The summed E-state index contributed by atoms with van der Waals surface area (Å²) in [4.78, 5) is 0.151. The molecule has 140 valence electrons. The van der Waals surface area contributed by atoms with Crippen LogP contribution >= 0.6 is 15.9 Å². The highest BCUT2D eigenvalue weighted by atomic mass is 79.9. The van der Waals surface area contributed by atoms with Crippen molar-refractivity contribution in [2.45, 2.75) is 17.9 Å². The van der Waals surface area contributed by atoms with E-state index < -0.39 is 10.0 Å². The van der Waals surface area contributed by atoms with Crippen molar-refractivity contribution in [1.29, 1.82) is 0 Å². The monoisotopic (exact) mass is 441 g/mol. The van der Waals surface area contributed by atoms with Crippen molar-refractivity contribution in [3.8, 4) is 17.2 Å². The molecule has 26 heavy (non-hydrogen) atoms. The second kappa shape index (κ2) is 7.46. The zero-order valence-corrected chi connectivity index (χ0v) is 17.2. The van der Waals surface area contributed by atoms with Crippen LogP contribution in [0.4, 0.5) is 0 Å². The molecule has 0 bridgehead atoms. The molecule has 1 aliphatic rings. The normalized spacial score (nSPS) is 14.6. The summed E-state index contributed by atoms with van der Waals surface area (Å²) in [6.45, 7) is 0.661. The van der Waals surface area contributed by atoms with E-state index in [2.05, 4.69) is 15.9 Å². The molecule has 0 saturated carbocycles. The molecule has 0 spiro atoms. The van der Waals surface area contributed by atoms with E-state index in [1.807, 2.05) is 12.1 Å². The third kappa shape index (κ3) is 3.41. The molecule has 0 saturated heterocycles. The maximum atomic E-state index is 13.2. The van der Waals surface area contributed by atoms with E-state index in [0.717, 1.165) is 11.1 Å². The van der Waals surface area contributed by atoms with Gasteiger partial charge in [0, 0.05) is 17.6 Å². The van der Waals surface area contributed by atoms with Gasteiger partial charge in [-0.15, -0.1) is 0 Å². The molecule has 8 heteroatoms. The second-order valence-electron chi connectivity index (χ2n) is 5.86. The van der Waals surface area contributed by atoms with Gasteiger partial charge >= 0.3 is 0 Å². The minimum absolute atomic E-state index is 0.151. The van der Waals surface area contributed by atoms with Crippen LogP contribution in [-0.2, 0) is 23.0 Å². The van der Waals surface area contributed by atoms with Crippen molar-refractivity contribution in [1.82, 2.24) is 4.31 Å². The molecular formula is C18H20BrNO5S. The molecule has 0 aromatic heterocycles. The van der Waals surface area contributed by atoms with Crippen LogP contribution in [-0.4, -0.2) is 40.6 Å². The van der Waals surface area contributed by atoms with Crippen molar-refractivity contribution in [3.05, 3.63) is 45.9 Å². The Morgan fingerprint density at radius 1 is 0.923 bits per heavy atom. The summed E-state index contributed by atoms with van der Waals surface area (Å²) in [5.41, 5.74) is 1.97. The lowest BCUT2D eigenvalue weighted by molar-refractivity contribution is 0.348. The van der Waals surface area contributed by atoms with E-state index in [1.54, 1.807) is 32.4 Å². The predicted molar refractivity (Wildman–Crippen MR) is 102 cm³/mol. The second-order valence-corrected chi connectivity index (χ2v) is 8.68. The molecular weight excluding hydrogens is 422 g/mol. The smallest absolute Gasteiger partial charge is 0.247 e. The lowest BCUT2D eigenvalue weighted by atomic mass is 10.0. The van der Waals surface area contributed by atoms with Gasteiger partial charge in [-0.2, -0.15) is 4.31 Å². The molecule has 0 unspecified atom stereocenters. The highest BCUT2D eigenvalue weighted by Gasteiger charge is 2.31. The van der Waals surface area contributed by atoms with Gasteiger partial charge in [0.1, 0.15) is 10.6 Å². The van der Waals surface area contributed by atoms with Gasteiger partial charge in [0.15, 0.2) is 11.5 Å². The Balaban J connectivity index is 1.99. The summed E-state index contributed by atoms with van der Waals surface area (Å²) in [5, 5.41) is 0. The van der Waals surface area contributed by atoms with Crippen molar-refractivity contribution in [3.63, 3.8) is 0 Å². The van der Waals surface area contributed by atoms with Gasteiger partial charge in [-0.05, 0) is 47.9 Å². The average molecular weight is 442 g/mol. The standard InChI is InChI=1S/C18H20BrNO5S/c1-23-15-5-4-14(19)10-18(15)26(21,22)20-7-6-12-8-16(24-2)17(25-3)9-13(12)11-20/h4-5,8-10H,6-7,11H2,1-3H3. The van der Waals surface area contributed by atoms with E-state index >= 15 is 0 Å². The molecule has 0 amide bonds. The summed E-state index contributed by atoms with van der Waals surface area (Å²) in [6.07, 6.45) is 0.602. The van der Waals surface area contributed by atoms with Gasteiger partial charge in [0.05, 0.1) is 21.3 Å². The molecule has 0 N–H and O–H groups in total. The Morgan fingerprint density at radius 2 is 1.54 bits per heavy atom. The van der Waals surface area contributed by atoms with E-state index in [9.17, 15) is 8.42 Å². The highest BCUT2D eigenvalue weighted by Crippen LogP contribution is 2.36. The molecule has 3 rings (SSSR count). The van der Waals surface area contributed by atoms with E-state index in [4.69, 9.17) is 14.2 Å². The number of rotatable bonds is 5. The largest absolute Gasteiger partial charge is 0.495 e. The van der Waals surface area contributed by atoms with Gasteiger partial charge < -0.3 is 14.2 Å². The predicted octanol–water partition coefficient (Wildman–Crippen LogP) is 3.22. The van der Waals surface area contributed by atoms with Gasteiger partial charge in [-0.1, -0.05) is 15.9 Å². The topological polar surface area (TPSA) is 65.1 Å². The number of fused-ring (bicyclic) bond motifs is 1. The first-order valence-electron chi connectivity index (χ1n) is 7.98. The van der Waals surface area contributed by atoms with Crippen LogP contribution in [0.15, 0.2) is 39.7 Å². The fourth-order valence-corrected chi connectivity index (χ4v) is 5.17. The third-order valence-electron chi connectivity index (χ3n) is 4.43. The maximum absolute atomic E-state index is 13.2. The van der Waals surface area contributed by atoms with Crippen LogP contribution in [0.25, 0.3) is 0 Å². The van der Waals surface area contributed by atoms with E-state index in [0.29, 0.717) is 34.7 Å². The first-order valence-corrected chi connectivity index (χ1v) is 10.2. The zero-order valence-electron chi connectivity index (χ0n) is 14.8. The molecule has 0 radical (unpaired) electrons. The van der Waals surface area contributed by atoms with Crippen LogP contribution in [0, 0.1) is 0 Å². The molecule has 0 atom stereocenters. The van der Waals surface area contributed by atoms with Crippen LogP contribution in [0.3, 0.4) is 0 Å². The number of halogens is 1. The minimum Gasteiger partial charge on any atom is -0.495 e. The van der Waals surface area contributed by atoms with Crippen LogP contribution in [0.1, 0.15) is 11.1 Å². The Labute approximate surface area is 161 Å². The summed E-state index contributed by atoms with van der Waals surface area (Å²) in [7, 11) is 0.914. The highest BCUT2D eigenvalue weighted by molar-refractivity contribution is 9.10. The van der Waals surface area contributed by atoms with Crippen molar-refractivity contribution in [2.24, 2.45) is 0 Å². The Kier molecular flexibility index (Phi) is 5.45. The zero-order chi connectivity index (χ0) is 18.9. The minimum atomic E-state index is -3.70. The molecule has 1 aliphatic heterocycles. The van der Waals surface area contributed by atoms with Crippen LogP contribution < -0.4 is 14.2 Å². The average Bonchev–Trinajstić information content (AvgIpc) is 2.66. The Morgan fingerprint density at radius 3 is 2.15 bits per heavy atom. The maximum Gasteiger partial charge on any atom is 0.247 e. The van der Waals surface area contributed by atoms with Crippen molar-refractivity contribution >= 4 is 26.0 Å². The molecule has 6 nitrogen and oxygen atoms in total. The fourth-order valence-electron chi connectivity index (χ4n) is 3.05. The molecule has 0 aliphatic carbocycles. The molecule has 2 aromatic carbocycles. The molecule has 1 heterocycles. The molecule has 2 aromatic rings. The number of sulfonamides is 1. The number of nitrogens with zero attached hydrogens (tertiary/aromatic N) is 1. The number of hydrogen-bond donors (Lipinski definition) is 0. The quantitative estimate of drug-likeness (QED) is 0.712. The van der Waals surface area contributed by atoms with Gasteiger partial charge in [-0.25, -0.2) is 8.42 Å². The van der Waals surface area contributed by atoms with E-state index in [-0.39, 0.29) is 11.4 Å². The fraction of sp³-hybridized carbons (Fsp3) is 0.333. The third-order valence-corrected chi connectivity index (χ3v) is 6.79. The van der Waals surface area contributed by atoms with Gasteiger partial charge in [-0.3, -0.25) is 0 Å². The lowest BCUT2D eigenvalue weighted by Gasteiger charge is -2.29. The first-order chi connectivity index (χ1) is 12.4. The Hall–Kier alpha value is -1.77. The molecule has 0 fully saturated rings.